The highest BCUT2D eigenvalue weighted by atomic mass is 16.4. The molecule has 1 aromatic carbocycles. The minimum atomic E-state index is -0.984. The molecule has 3 rings (SSSR count). The molecule has 106 valence electrons. The van der Waals surface area contributed by atoms with Gasteiger partial charge >= 0.3 is 6.09 Å². The molecule has 0 spiro atoms. The summed E-state index contributed by atoms with van der Waals surface area (Å²) >= 11 is 0. The van der Waals surface area contributed by atoms with Gasteiger partial charge in [-0.3, -0.25) is 4.79 Å². The number of likely N-dealkylation sites (tertiary alicyclic amines) is 1. The fourth-order valence-corrected chi connectivity index (χ4v) is 2.89. The number of carbonyl (C=O) groups is 2. The molecule has 1 aliphatic heterocycles. The molecule has 0 unspecified atom stereocenters. The third-order valence-electron chi connectivity index (χ3n) is 4.05. The Morgan fingerprint density at radius 3 is 2.70 bits per heavy atom. The van der Waals surface area contributed by atoms with E-state index in [0.717, 1.165) is 37.9 Å². The second-order valence-corrected chi connectivity index (χ2v) is 5.52. The summed E-state index contributed by atoms with van der Waals surface area (Å²) in [6.07, 6.45) is 1.99. The standard InChI is InChI=1S/C15H18N2O3/c18-14(17-6-1-2-7-17)11-5-3-4-10(8-11)12-9-13(12)16-15(19)20/h3-5,8,12-13,16H,1-2,6-7,9H2,(H,19,20)/t12-,13+/m0/s1. The summed E-state index contributed by atoms with van der Waals surface area (Å²) in [6.45, 7) is 1.69. The molecule has 2 aliphatic rings. The number of hydrogen-bond donors (Lipinski definition) is 2. The highest BCUT2D eigenvalue weighted by molar-refractivity contribution is 5.94. The molecule has 1 aromatic rings. The molecule has 2 N–H and O–H groups in total. The van der Waals surface area contributed by atoms with Crippen LogP contribution in [0.3, 0.4) is 0 Å². The van der Waals surface area contributed by atoms with Crippen molar-refractivity contribution >= 4 is 12.0 Å². The van der Waals surface area contributed by atoms with E-state index in [1.165, 1.54) is 0 Å². The highest BCUT2D eigenvalue weighted by Gasteiger charge is 2.39. The van der Waals surface area contributed by atoms with Gasteiger partial charge in [0.05, 0.1) is 0 Å². The number of rotatable bonds is 3. The SMILES string of the molecule is O=C(O)N[C@@H]1C[C@H]1c1cccc(C(=O)N2CCCC2)c1. The molecule has 2 fully saturated rings. The van der Waals surface area contributed by atoms with E-state index in [1.807, 2.05) is 29.2 Å². The van der Waals surface area contributed by atoms with Crippen LogP contribution < -0.4 is 5.32 Å². The van der Waals surface area contributed by atoms with Gasteiger partial charge < -0.3 is 15.3 Å². The number of carboxylic acid groups (broad SMARTS) is 1. The van der Waals surface area contributed by atoms with E-state index in [2.05, 4.69) is 5.32 Å². The lowest BCUT2D eigenvalue weighted by Crippen LogP contribution is -2.27. The Morgan fingerprint density at radius 1 is 1.25 bits per heavy atom. The van der Waals surface area contributed by atoms with E-state index in [4.69, 9.17) is 5.11 Å². The maximum Gasteiger partial charge on any atom is 0.404 e. The van der Waals surface area contributed by atoms with Crippen molar-refractivity contribution in [2.75, 3.05) is 13.1 Å². The number of hydrogen-bond acceptors (Lipinski definition) is 2. The first kappa shape index (κ1) is 13.0. The van der Waals surface area contributed by atoms with Crippen molar-refractivity contribution in [3.63, 3.8) is 0 Å². The molecule has 1 heterocycles. The van der Waals surface area contributed by atoms with Crippen LogP contribution in [-0.2, 0) is 0 Å². The Kier molecular flexibility index (Phi) is 3.34. The number of amides is 2. The van der Waals surface area contributed by atoms with Crippen molar-refractivity contribution in [3.05, 3.63) is 35.4 Å². The smallest absolute Gasteiger partial charge is 0.404 e. The van der Waals surface area contributed by atoms with E-state index < -0.39 is 6.09 Å². The van der Waals surface area contributed by atoms with Gasteiger partial charge in [-0.05, 0) is 37.0 Å². The fraction of sp³-hybridized carbons (Fsp3) is 0.467. The molecule has 5 nitrogen and oxygen atoms in total. The van der Waals surface area contributed by atoms with Crippen LogP contribution in [0.2, 0.25) is 0 Å². The van der Waals surface area contributed by atoms with Crippen LogP contribution in [0.25, 0.3) is 0 Å². The Bertz CT molecular complexity index is 538. The molecule has 1 aliphatic carbocycles. The lowest BCUT2D eigenvalue weighted by atomic mass is 10.1. The predicted molar refractivity (Wildman–Crippen MR) is 73.9 cm³/mol. The van der Waals surface area contributed by atoms with E-state index in [0.29, 0.717) is 5.56 Å². The maximum atomic E-state index is 12.3. The zero-order valence-electron chi connectivity index (χ0n) is 11.2. The first-order chi connectivity index (χ1) is 9.65. The monoisotopic (exact) mass is 274 g/mol. The first-order valence-electron chi connectivity index (χ1n) is 7.04. The average molecular weight is 274 g/mol. The van der Waals surface area contributed by atoms with E-state index in [-0.39, 0.29) is 17.9 Å². The summed E-state index contributed by atoms with van der Waals surface area (Å²) in [5.74, 6) is 0.296. The van der Waals surface area contributed by atoms with E-state index in [1.54, 1.807) is 0 Å². The van der Waals surface area contributed by atoms with Crippen molar-refractivity contribution in [1.82, 2.24) is 10.2 Å². The molecular formula is C15H18N2O3. The van der Waals surface area contributed by atoms with Gasteiger partial charge in [0.25, 0.3) is 5.91 Å². The van der Waals surface area contributed by atoms with Gasteiger partial charge in [-0.1, -0.05) is 12.1 Å². The van der Waals surface area contributed by atoms with Crippen molar-refractivity contribution in [1.29, 1.82) is 0 Å². The number of benzene rings is 1. The predicted octanol–water partition coefficient (Wildman–Crippen LogP) is 2.05. The van der Waals surface area contributed by atoms with Crippen LogP contribution >= 0.6 is 0 Å². The van der Waals surface area contributed by atoms with Gasteiger partial charge in [0.1, 0.15) is 0 Å². The highest BCUT2D eigenvalue weighted by Crippen LogP contribution is 2.41. The quantitative estimate of drug-likeness (QED) is 0.886. The zero-order valence-corrected chi connectivity index (χ0v) is 11.2. The lowest BCUT2D eigenvalue weighted by Gasteiger charge is -2.15. The van der Waals surface area contributed by atoms with Crippen LogP contribution in [0.15, 0.2) is 24.3 Å². The summed E-state index contributed by atoms with van der Waals surface area (Å²) in [5.41, 5.74) is 1.76. The summed E-state index contributed by atoms with van der Waals surface area (Å²) < 4.78 is 0. The second kappa shape index (κ2) is 5.15. The number of carbonyl (C=O) groups excluding carboxylic acids is 1. The van der Waals surface area contributed by atoms with E-state index >= 15 is 0 Å². The van der Waals surface area contributed by atoms with Crippen LogP contribution in [0.5, 0.6) is 0 Å². The average Bonchev–Trinajstić information content (AvgIpc) is 2.98. The lowest BCUT2D eigenvalue weighted by molar-refractivity contribution is 0.0792. The van der Waals surface area contributed by atoms with Gasteiger partial charge in [-0.25, -0.2) is 4.79 Å². The molecule has 1 saturated heterocycles. The third kappa shape index (κ3) is 2.61. The Morgan fingerprint density at radius 2 is 2.00 bits per heavy atom. The van der Waals surface area contributed by atoms with E-state index in [9.17, 15) is 9.59 Å². The molecule has 1 saturated carbocycles. The van der Waals surface area contributed by atoms with Gasteiger partial charge in [0.15, 0.2) is 0 Å². The summed E-state index contributed by atoms with van der Waals surface area (Å²) in [5, 5.41) is 11.2. The Balaban J connectivity index is 1.70. The van der Waals surface area contributed by atoms with Crippen LogP contribution in [0, 0.1) is 0 Å². The maximum absolute atomic E-state index is 12.3. The van der Waals surface area contributed by atoms with Crippen LogP contribution in [0.1, 0.15) is 41.1 Å². The second-order valence-electron chi connectivity index (χ2n) is 5.52. The molecule has 0 bridgehead atoms. The largest absolute Gasteiger partial charge is 0.465 e. The molecule has 0 aromatic heterocycles. The van der Waals surface area contributed by atoms with Gasteiger partial charge in [-0.2, -0.15) is 0 Å². The third-order valence-corrected chi connectivity index (χ3v) is 4.05. The minimum absolute atomic E-state index is 0.00959. The molecule has 20 heavy (non-hydrogen) atoms. The summed E-state index contributed by atoms with van der Waals surface area (Å²) in [4.78, 5) is 24.8. The Labute approximate surface area is 117 Å². The Hall–Kier alpha value is -2.04. The number of nitrogens with zero attached hydrogens (tertiary/aromatic N) is 1. The van der Waals surface area contributed by atoms with Crippen molar-refractivity contribution in [3.8, 4) is 0 Å². The summed E-state index contributed by atoms with van der Waals surface area (Å²) in [6, 6.07) is 7.59. The summed E-state index contributed by atoms with van der Waals surface area (Å²) in [7, 11) is 0. The molecule has 5 heteroatoms. The molecule has 2 amide bonds. The van der Waals surface area contributed by atoms with Gasteiger partial charge in [-0.15, -0.1) is 0 Å². The fourth-order valence-electron chi connectivity index (χ4n) is 2.89. The zero-order chi connectivity index (χ0) is 14.1. The van der Waals surface area contributed by atoms with Crippen LogP contribution in [-0.4, -0.2) is 41.1 Å². The number of nitrogens with one attached hydrogen (secondary N) is 1. The minimum Gasteiger partial charge on any atom is -0.465 e. The van der Waals surface area contributed by atoms with Crippen molar-refractivity contribution in [2.45, 2.75) is 31.2 Å². The topological polar surface area (TPSA) is 69.6 Å². The van der Waals surface area contributed by atoms with Gasteiger partial charge in [0, 0.05) is 30.6 Å². The van der Waals surface area contributed by atoms with Crippen molar-refractivity contribution < 1.29 is 14.7 Å². The van der Waals surface area contributed by atoms with Gasteiger partial charge in [0.2, 0.25) is 0 Å². The first-order valence-corrected chi connectivity index (χ1v) is 7.04. The van der Waals surface area contributed by atoms with Crippen molar-refractivity contribution in [2.24, 2.45) is 0 Å². The van der Waals surface area contributed by atoms with Crippen LogP contribution in [0.4, 0.5) is 4.79 Å². The molecule has 0 radical (unpaired) electrons. The molecular weight excluding hydrogens is 256 g/mol. The molecule has 2 atom stereocenters. The normalized spacial score (nSPS) is 24.5.